The van der Waals surface area contributed by atoms with Crippen LogP contribution >= 0.6 is 0 Å². The third-order valence-corrected chi connectivity index (χ3v) is 3.02. The Morgan fingerprint density at radius 3 is 2.94 bits per heavy atom. The predicted octanol–water partition coefficient (Wildman–Crippen LogP) is -1.46. The topological polar surface area (TPSA) is 96.4 Å². The molecule has 1 saturated heterocycles. The molecule has 1 aliphatic heterocycles. The number of aliphatic hydroxyl groups excluding tert-OH is 1. The first-order valence-electron chi connectivity index (χ1n) is 5.51. The Morgan fingerprint density at radius 1 is 1.67 bits per heavy atom. The number of likely N-dealkylation sites (N-methyl/N-ethyl adjacent to an activating group) is 1. The van der Waals surface area contributed by atoms with Crippen molar-refractivity contribution in [3.63, 3.8) is 0 Å². The number of nitrogens with zero attached hydrogens (tertiary/aromatic N) is 1. The summed E-state index contributed by atoms with van der Waals surface area (Å²) in [5.41, 5.74) is -1.79. The van der Waals surface area contributed by atoms with Crippen LogP contribution in [0.5, 0.6) is 0 Å². The van der Waals surface area contributed by atoms with Crippen LogP contribution in [0.25, 0.3) is 0 Å². The second kappa shape index (κ2) is 5.01. The first kappa shape index (κ1) is 12.9. The van der Waals surface area contributed by atoms with Crippen LogP contribution in [0.4, 0.5) is 4.39 Å². The van der Waals surface area contributed by atoms with Gasteiger partial charge in [-0.1, -0.05) is 0 Å². The van der Waals surface area contributed by atoms with Crippen molar-refractivity contribution in [3.8, 4) is 0 Å². The lowest BCUT2D eigenvalue weighted by molar-refractivity contribution is -0.0290. The number of hydrogen-bond acceptors (Lipinski definition) is 5. The van der Waals surface area contributed by atoms with E-state index in [0.717, 1.165) is 10.8 Å². The number of ether oxygens (including phenoxy) is 1. The molecule has 7 nitrogen and oxygen atoms in total. The third-order valence-electron chi connectivity index (χ3n) is 3.02. The third kappa shape index (κ3) is 2.22. The van der Waals surface area contributed by atoms with Gasteiger partial charge in [0.15, 0.2) is 0 Å². The molecule has 3 atom stereocenters. The molecule has 100 valence electrons. The van der Waals surface area contributed by atoms with Crippen molar-refractivity contribution in [2.24, 2.45) is 0 Å². The van der Waals surface area contributed by atoms with Gasteiger partial charge < -0.3 is 15.2 Å². The maximum Gasteiger partial charge on any atom is 0.330 e. The molecule has 0 aliphatic carbocycles. The average Bonchev–Trinajstić information content (AvgIpc) is 2.76. The van der Waals surface area contributed by atoms with Gasteiger partial charge in [-0.3, -0.25) is 14.3 Å². The number of aliphatic hydroxyl groups is 1. The fourth-order valence-corrected chi connectivity index (χ4v) is 2.05. The van der Waals surface area contributed by atoms with E-state index in [4.69, 9.17) is 9.84 Å². The second-order valence-electron chi connectivity index (χ2n) is 4.09. The number of halogens is 1. The minimum Gasteiger partial charge on any atom is -0.394 e. The molecular weight excluding hydrogens is 245 g/mol. The predicted molar refractivity (Wildman–Crippen MR) is 59.7 cm³/mol. The van der Waals surface area contributed by atoms with Gasteiger partial charge >= 0.3 is 5.69 Å². The summed E-state index contributed by atoms with van der Waals surface area (Å²) in [6, 6.07) is -0.137. The highest BCUT2D eigenvalue weighted by Gasteiger charge is 2.35. The minimum atomic E-state index is -1.06. The maximum absolute atomic E-state index is 13.1. The van der Waals surface area contributed by atoms with Gasteiger partial charge in [0.2, 0.25) is 5.82 Å². The van der Waals surface area contributed by atoms with Crippen molar-refractivity contribution in [1.29, 1.82) is 0 Å². The first-order valence-corrected chi connectivity index (χ1v) is 5.51. The Balaban J connectivity index is 2.31. The van der Waals surface area contributed by atoms with E-state index in [1.54, 1.807) is 7.05 Å². The van der Waals surface area contributed by atoms with Gasteiger partial charge in [0.05, 0.1) is 18.9 Å². The molecule has 0 radical (unpaired) electrons. The second-order valence-corrected chi connectivity index (χ2v) is 4.09. The normalized spacial score (nSPS) is 27.6. The van der Waals surface area contributed by atoms with Crippen LogP contribution in [-0.4, -0.2) is 40.5 Å². The standard InChI is InChI=1S/C10H14FN3O4/c1-12-6-2-8(18-7(6)4-15)14-3-5(11)9(16)13-10(14)17/h3,6-8,12,15H,2,4H2,1H3,(H,13,16,17)/t6-,7+,8+/m0/s1. The van der Waals surface area contributed by atoms with Crippen LogP contribution in [0.2, 0.25) is 0 Å². The summed E-state index contributed by atoms with van der Waals surface area (Å²) >= 11 is 0. The highest BCUT2D eigenvalue weighted by Crippen LogP contribution is 2.26. The molecular formula is C10H14FN3O4. The van der Waals surface area contributed by atoms with Gasteiger partial charge in [0.25, 0.3) is 5.56 Å². The molecule has 3 N–H and O–H groups in total. The smallest absolute Gasteiger partial charge is 0.330 e. The van der Waals surface area contributed by atoms with Gasteiger partial charge in [0.1, 0.15) is 6.23 Å². The highest BCUT2D eigenvalue weighted by molar-refractivity contribution is 4.92. The van der Waals surface area contributed by atoms with Gasteiger partial charge in [0, 0.05) is 12.5 Å². The average molecular weight is 259 g/mol. The van der Waals surface area contributed by atoms with E-state index >= 15 is 0 Å². The van der Waals surface area contributed by atoms with E-state index in [-0.39, 0.29) is 12.6 Å². The van der Waals surface area contributed by atoms with E-state index in [1.165, 1.54) is 0 Å². The summed E-state index contributed by atoms with van der Waals surface area (Å²) in [6.45, 7) is -0.206. The molecule has 2 rings (SSSR count). The van der Waals surface area contributed by atoms with Crippen LogP contribution in [0.1, 0.15) is 12.6 Å². The summed E-state index contributed by atoms with van der Waals surface area (Å²) < 4.78 is 19.6. The Labute approximate surface area is 101 Å². The van der Waals surface area contributed by atoms with Crippen LogP contribution in [-0.2, 0) is 4.74 Å². The van der Waals surface area contributed by atoms with Crippen molar-refractivity contribution in [1.82, 2.24) is 14.9 Å². The Bertz CT molecular complexity index is 529. The molecule has 0 spiro atoms. The van der Waals surface area contributed by atoms with Gasteiger partial charge in [-0.15, -0.1) is 0 Å². The lowest BCUT2D eigenvalue weighted by Crippen LogP contribution is -2.35. The Kier molecular flexibility index (Phi) is 3.60. The van der Waals surface area contributed by atoms with E-state index in [2.05, 4.69) is 5.32 Å². The number of hydrogen-bond donors (Lipinski definition) is 3. The zero-order chi connectivity index (χ0) is 13.3. The molecule has 0 bridgehead atoms. The summed E-state index contributed by atoms with van der Waals surface area (Å²) in [5, 5.41) is 12.1. The quantitative estimate of drug-likeness (QED) is 0.616. The monoisotopic (exact) mass is 259 g/mol. The lowest BCUT2D eigenvalue weighted by Gasteiger charge is -2.14. The maximum atomic E-state index is 13.1. The molecule has 1 aliphatic rings. The molecule has 0 aromatic carbocycles. The number of rotatable bonds is 3. The first-order chi connectivity index (χ1) is 8.56. The Hall–Kier alpha value is -1.51. The summed E-state index contributed by atoms with van der Waals surface area (Å²) in [6.07, 6.45) is 0.0335. The molecule has 1 aromatic rings. The van der Waals surface area contributed by atoms with E-state index in [9.17, 15) is 14.0 Å². The summed E-state index contributed by atoms with van der Waals surface area (Å²) in [5.74, 6) is -1.05. The SMILES string of the molecule is CN[C@H]1C[C@H](n2cc(F)c(=O)[nH]c2=O)O[C@@H]1CO. The van der Waals surface area contributed by atoms with Crippen molar-refractivity contribution >= 4 is 0 Å². The van der Waals surface area contributed by atoms with Gasteiger partial charge in [-0.05, 0) is 7.05 Å². The van der Waals surface area contributed by atoms with Crippen molar-refractivity contribution in [2.45, 2.75) is 24.8 Å². The van der Waals surface area contributed by atoms with Crippen molar-refractivity contribution in [3.05, 3.63) is 32.9 Å². The summed E-state index contributed by atoms with van der Waals surface area (Å²) in [7, 11) is 1.70. The number of nitrogens with one attached hydrogen (secondary N) is 2. The van der Waals surface area contributed by atoms with E-state index in [0.29, 0.717) is 6.42 Å². The lowest BCUT2D eigenvalue weighted by atomic mass is 10.1. The summed E-state index contributed by atoms with van der Waals surface area (Å²) in [4.78, 5) is 24.3. The molecule has 2 heterocycles. The molecule has 18 heavy (non-hydrogen) atoms. The van der Waals surface area contributed by atoms with Crippen LogP contribution < -0.4 is 16.6 Å². The molecule has 0 amide bonds. The van der Waals surface area contributed by atoms with E-state index < -0.39 is 29.4 Å². The zero-order valence-corrected chi connectivity index (χ0v) is 9.72. The molecule has 0 saturated carbocycles. The number of aromatic nitrogens is 2. The highest BCUT2D eigenvalue weighted by atomic mass is 19.1. The Morgan fingerprint density at radius 2 is 2.39 bits per heavy atom. The van der Waals surface area contributed by atoms with Crippen LogP contribution in [0, 0.1) is 5.82 Å². The zero-order valence-electron chi connectivity index (χ0n) is 9.72. The minimum absolute atomic E-state index is 0.137. The molecule has 1 fully saturated rings. The van der Waals surface area contributed by atoms with Gasteiger partial charge in [-0.25, -0.2) is 4.79 Å². The fraction of sp³-hybridized carbons (Fsp3) is 0.600. The molecule has 8 heteroatoms. The fourth-order valence-electron chi connectivity index (χ4n) is 2.05. The molecule has 0 unspecified atom stereocenters. The van der Waals surface area contributed by atoms with Crippen LogP contribution in [0.15, 0.2) is 15.8 Å². The van der Waals surface area contributed by atoms with Crippen LogP contribution in [0.3, 0.4) is 0 Å². The van der Waals surface area contributed by atoms with Gasteiger partial charge in [-0.2, -0.15) is 4.39 Å². The van der Waals surface area contributed by atoms with E-state index in [1.807, 2.05) is 4.98 Å². The van der Waals surface area contributed by atoms with Crippen molar-refractivity contribution in [2.75, 3.05) is 13.7 Å². The number of aromatic amines is 1. The number of H-pyrrole nitrogens is 1. The largest absolute Gasteiger partial charge is 0.394 e. The van der Waals surface area contributed by atoms with Crippen molar-refractivity contribution < 1.29 is 14.2 Å². The molecule has 1 aromatic heterocycles.